The third kappa shape index (κ3) is 3.47. The Bertz CT molecular complexity index is 580. The molecule has 3 atom stereocenters. The van der Waals surface area contributed by atoms with Crippen molar-refractivity contribution in [3.63, 3.8) is 0 Å². The van der Waals surface area contributed by atoms with Crippen molar-refractivity contribution in [1.29, 1.82) is 0 Å². The van der Waals surface area contributed by atoms with Crippen LogP contribution in [0.5, 0.6) is 0 Å². The smallest absolute Gasteiger partial charge is 0.222 e. The zero-order valence-corrected chi connectivity index (χ0v) is 14.3. The van der Waals surface area contributed by atoms with Crippen LogP contribution in [0.4, 0.5) is 4.39 Å². The zero-order chi connectivity index (χ0) is 17.1. The highest BCUT2D eigenvalue weighted by atomic mass is 19.1. The number of likely N-dealkylation sites (tertiary alicyclic amines) is 2. The maximum Gasteiger partial charge on any atom is 0.222 e. The number of benzene rings is 1. The maximum atomic E-state index is 13.9. The van der Waals surface area contributed by atoms with Gasteiger partial charge in [0, 0.05) is 37.2 Å². The van der Waals surface area contributed by atoms with Crippen LogP contribution in [-0.2, 0) is 4.79 Å². The van der Waals surface area contributed by atoms with Gasteiger partial charge in [-0.05, 0) is 38.3 Å². The number of aliphatic hydroxyl groups excluding tert-OH is 1. The molecule has 5 heteroatoms. The molecule has 24 heavy (non-hydrogen) atoms. The molecule has 0 bridgehead atoms. The average molecular weight is 334 g/mol. The maximum absolute atomic E-state index is 13.9. The summed E-state index contributed by atoms with van der Waals surface area (Å²) < 4.78 is 13.9. The first-order chi connectivity index (χ1) is 11.6. The Morgan fingerprint density at radius 2 is 1.96 bits per heavy atom. The third-order valence-corrected chi connectivity index (χ3v) is 5.45. The van der Waals surface area contributed by atoms with E-state index in [9.17, 15) is 14.3 Å². The molecule has 3 rings (SSSR count). The number of amides is 1. The molecular formula is C19H27FN2O2. The largest absolute Gasteiger partial charge is 0.387 e. The second-order valence-electron chi connectivity index (χ2n) is 6.89. The second-order valence-corrected chi connectivity index (χ2v) is 6.89. The quantitative estimate of drug-likeness (QED) is 0.900. The summed E-state index contributed by atoms with van der Waals surface area (Å²) in [5, 5.41) is 10.5. The molecule has 0 radical (unpaired) electrons. The van der Waals surface area contributed by atoms with E-state index in [1.165, 1.54) is 6.07 Å². The number of carbonyl (C=O) groups is 1. The van der Waals surface area contributed by atoms with Crippen LogP contribution in [0.1, 0.15) is 50.7 Å². The van der Waals surface area contributed by atoms with E-state index in [1.54, 1.807) is 18.2 Å². The summed E-state index contributed by atoms with van der Waals surface area (Å²) in [4.78, 5) is 16.5. The number of hydrogen-bond acceptors (Lipinski definition) is 3. The Morgan fingerprint density at radius 1 is 1.25 bits per heavy atom. The standard InChI is InChI=1S/C19H27FN2O2/c1-2-19(24)22-12-6-10-17(22)16-9-5-11-21(16)13-18(23)14-7-3-4-8-15(14)20/h3-4,7-8,16-18,23H,2,5-6,9-13H2,1H3/t16-,17+,18-/m0/s1. The zero-order valence-electron chi connectivity index (χ0n) is 14.3. The fourth-order valence-electron chi connectivity index (χ4n) is 4.29. The lowest BCUT2D eigenvalue weighted by atomic mass is 10.0. The summed E-state index contributed by atoms with van der Waals surface area (Å²) in [5.41, 5.74) is 0.357. The Kier molecular flexibility index (Phi) is 5.51. The van der Waals surface area contributed by atoms with Crippen LogP contribution >= 0.6 is 0 Å². The van der Waals surface area contributed by atoms with Gasteiger partial charge in [0.05, 0.1) is 6.10 Å². The highest BCUT2D eigenvalue weighted by Crippen LogP contribution is 2.32. The predicted molar refractivity (Wildman–Crippen MR) is 91.0 cm³/mol. The van der Waals surface area contributed by atoms with Crippen LogP contribution < -0.4 is 0 Å². The van der Waals surface area contributed by atoms with Crippen molar-refractivity contribution in [3.8, 4) is 0 Å². The Morgan fingerprint density at radius 3 is 2.71 bits per heavy atom. The molecule has 0 aliphatic carbocycles. The average Bonchev–Trinajstić information content (AvgIpc) is 3.23. The molecule has 1 aromatic carbocycles. The van der Waals surface area contributed by atoms with Gasteiger partial charge in [0.2, 0.25) is 5.91 Å². The van der Waals surface area contributed by atoms with Crippen LogP contribution in [0.25, 0.3) is 0 Å². The normalized spacial score (nSPS) is 26.0. The summed E-state index contributed by atoms with van der Waals surface area (Å²) in [5.74, 6) is -0.136. The minimum Gasteiger partial charge on any atom is -0.387 e. The van der Waals surface area contributed by atoms with E-state index >= 15 is 0 Å². The van der Waals surface area contributed by atoms with E-state index in [0.717, 1.165) is 38.8 Å². The van der Waals surface area contributed by atoms with Crippen LogP contribution in [-0.4, -0.2) is 52.5 Å². The second kappa shape index (κ2) is 7.62. The minimum absolute atomic E-state index is 0.221. The van der Waals surface area contributed by atoms with Crippen LogP contribution in [0.2, 0.25) is 0 Å². The third-order valence-electron chi connectivity index (χ3n) is 5.45. The number of carbonyl (C=O) groups excluding carboxylic acids is 1. The minimum atomic E-state index is -0.830. The van der Waals surface area contributed by atoms with Crippen LogP contribution in [0.15, 0.2) is 24.3 Å². The van der Waals surface area contributed by atoms with Crippen molar-refractivity contribution in [2.75, 3.05) is 19.6 Å². The molecule has 1 amide bonds. The van der Waals surface area contributed by atoms with Crippen LogP contribution in [0, 0.1) is 5.82 Å². The van der Waals surface area contributed by atoms with Gasteiger partial charge < -0.3 is 10.0 Å². The molecule has 2 heterocycles. The number of nitrogens with zero attached hydrogens (tertiary/aromatic N) is 2. The molecular weight excluding hydrogens is 307 g/mol. The molecule has 132 valence electrons. The summed E-state index contributed by atoms with van der Waals surface area (Å²) >= 11 is 0. The van der Waals surface area contributed by atoms with Gasteiger partial charge in [-0.15, -0.1) is 0 Å². The molecule has 2 aliphatic rings. The van der Waals surface area contributed by atoms with Crippen molar-refractivity contribution in [2.24, 2.45) is 0 Å². The molecule has 0 aromatic heterocycles. The van der Waals surface area contributed by atoms with Gasteiger partial charge in [0.1, 0.15) is 5.82 Å². The highest BCUT2D eigenvalue weighted by molar-refractivity contribution is 5.76. The number of β-amino-alcohol motifs (C(OH)–C–C–N with tert-alkyl or cyclic N) is 1. The molecule has 0 spiro atoms. The fourth-order valence-corrected chi connectivity index (χ4v) is 4.29. The molecule has 2 saturated heterocycles. The highest BCUT2D eigenvalue weighted by Gasteiger charge is 2.39. The SMILES string of the molecule is CCC(=O)N1CCC[C@@H]1[C@@H]1CCCN1C[C@H](O)c1ccccc1F. The van der Waals surface area contributed by atoms with Gasteiger partial charge in [-0.2, -0.15) is 0 Å². The van der Waals surface area contributed by atoms with Gasteiger partial charge in [0.15, 0.2) is 0 Å². The van der Waals surface area contributed by atoms with E-state index in [0.29, 0.717) is 18.5 Å². The summed E-state index contributed by atoms with van der Waals surface area (Å²) in [7, 11) is 0. The molecule has 4 nitrogen and oxygen atoms in total. The van der Waals surface area contributed by atoms with Crippen molar-refractivity contribution >= 4 is 5.91 Å². The molecule has 0 saturated carbocycles. The number of halogens is 1. The molecule has 2 aliphatic heterocycles. The van der Waals surface area contributed by atoms with Gasteiger partial charge in [-0.3, -0.25) is 9.69 Å². The molecule has 0 unspecified atom stereocenters. The topological polar surface area (TPSA) is 43.8 Å². The first-order valence-electron chi connectivity index (χ1n) is 9.07. The summed E-state index contributed by atoms with van der Waals surface area (Å²) in [6, 6.07) is 6.95. The van der Waals surface area contributed by atoms with Crippen molar-refractivity contribution in [2.45, 2.75) is 57.2 Å². The molecule has 1 N–H and O–H groups in total. The Labute approximate surface area is 143 Å². The monoisotopic (exact) mass is 334 g/mol. The predicted octanol–water partition coefficient (Wildman–Crippen LogP) is 2.72. The van der Waals surface area contributed by atoms with E-state index in [1.807, 2.05) is 11.8 Å². The number of rotatable bonds is 5. The fraction of sp³-hybridized carbons (Fsp3) is 0.632. The number of aliphatic hydroxyl groups is 1. The first-order valence-corrected chi connectivity index (χ1v) is 9.07. The van der Waals surface area contributed by atoms with Crippen molar-refractivity contribution in [1.82, 2.24) is 9.80 Å². The molecule has 2 fully saturated rings. The summed E-state index contributed by atoms with van der Waals surface area (Å²) in [6.07, 6.45) is 3.91. The van der Waals surface area contributed by atoms with Gasteiger partial charge in [-0.1, -0.05) is 25.1 Å². The summed E-state index contributed by atoms with van der Waals surface area (Å²) in [6.45, 7) is 4.08. The molecule has 1 aromatic rings. The van der Waals surface area contributed by atoms with E-state index < -0.39 is 6.10 Å². The lowest BCUT2D eigenvalue weighted by Crippen LogP contribution is -2.49. The first kappa shape index (κ1) is 17.4. The Hall–Kier alpha value is -1.46. The Balaban J connectivity index is 1.69. The lowest BCUT2D eigenvalue weighted by molar-refractivity contribution is -0.132. The van der Waals surface area contributed by atoms with Crippen LogP contribution in [0.3, 0.4) is 0 Å². The number of hydrogen-bond donors (Lipinski definition) is 1. The van der Waals surface area contributed by atoms with Gasteiger partial charge in [0.25, 0.3) is 0 Å². The van der Waals surface area contributed by atoms with Crippen molar-refractivity contribution < 1.29 is 14.3 Å². The van der Waals surface area contributed by atoms with E-state index in [4.69, 9.17) is 0 Å². The van der Waals surface area contributed by atoms with Crippen molar-refractivity contribution in [3.05, 3.63) is 35.6 Å². The van der Waals surface area contributed by atoms with E-state index in [2.05, 4.69) is 4.90 Å². The van der Waals surface area contributed by atoms with Gasteiger partial charge >= 0.3 is 0 Å². The van der Waals surface area contributed by atoms with E-state index in [-0.39, 0.29) is 23.8 Å². The lowest BCUT2D eigenvalue weighted by Gasteiger charge is -2.36. The van der Waals surface area contributed by atoms with Gasteiger partial charge in [-0.25, -0.2) is 4.39 Å².